The molecule has 3 rings (SSSR count). The van der Waals surface area contributed by atoms with E-state index in [9.17, 15) is 9.90 Å². The van der Waals surface area contributed by atoms with Crippen molar-refractivity contribution in [3.8, 4) is 5.75 Å². The molecule has 4 heteroatoms. The van der Waals surface area contributed by atoms with E-state index in [0.717, 1.165) is 55.8 Å². The maximum atomic E-state index is 11.7. The van der Waals surface area contributed by atoms with E-state index in [1.54, 1.807) is 7.11 Å². The molecule has 1 saturated carbocycles. The molecule has 0 radical (unpaired) electrons. The third-order valence-corrected chi connectivity index (χ3v) is 5.29. The van der Waals surface area contributed by atoms with Gasteiger partial charge in [0.05, 0.1) is 12.5 Å². The molecule has 1 aromatic carbocycles. The summed E-state index contributed by atoms with van der Waals surface area (Å²) in [6, 6.07) is 5.95. The first-order valence-electron chi connectivity index (χ1n) is 8.29. The van der Waals surface area contributed by atoms with Gasteiger partial charge in [0, 0.05) is 12.1 Å². The number of piperidine rings is 1. The zero-order chi connectivity index (χ0) is 15.6. The number of nitrogens with zero attached hydrogens (tertiary/aromatic N) is 1. The van der Waals surface area contributed by atoms with E-state index >= 15 is 0 Å². The van der Waals surface area contributed by atoms with Crippen molar-refractivity contribution in [3.63, 3.8) is 0 Å². The van der Waals surface area contributed by atoms with Gasteiger partial charge in [0.1, 0.15) is 5.75 Å². The lowest BCUT2D eigenvalue weighted by atomic mass is 9.64. The molecule has 22 heavy (non-hydrogen) atoms. The maximum Gasteiger partial charge on any atom is 0.314 e. The van der Waals surface area contributed by atoms with Crippen molar-refractivity contribution >= 4 is 5.97 Å². The Morgan fingerprint density at radius 2 is 1.95 bits per heavy atom. The highest BCUT2D eigenvalue weighted by molar-refractivity contribution is 5.82. The predicted octanol–water partition coefficient (Wildman–Crippen LogP) is 3.19. The molecule has 0 unspecified atom stereocenters. The van der Waals surface area contributed by atoms with Gasteiger partial charge in [-0.15, -0.1) is 0 Å². The van der Waals surface area contributed by atoms with Crippen molar-refractivity contribution < 1.29 is 14.6 Å². The van der Waals surface area contributed by atoms with Crippen LogP contribution in [-0.2, 0) is 16.8 Å². The Bertz CT molecular complexity index is 545. The topological polar surface area (TPSA) is 49.8 Å². The summed E-state index contributed by atoms with van der Waals surface area (Å²) in [5.41, 5.74) is 1.40. The van der Waals surface area contributed by atoms with Gasteiger partial charge in [0.15, 0.2) is 0 Å². The molecule has 1 aliphatic heterocycles. The second-order valence-electron chi connectivity index (χ2n) is 6.60. The van der Waals surface area contributed by atoms with E-state index < -0.39 is 11.4 Å². The van der Waals surface area contributed by atoms with E-state index in [4.69, 9.17) is 4.74 Å². The van der Waals surface area contributed by atoms with Gasteiger partial charge in [-0.1, -0.05) is 18.9 Å². The molecule has 0 spiro atoms. The van der Waals surface area contributed by atoms with Gasteiger partial charge in [-0.05, 0) is 56.5 Å². The number of likely N-dealkylation sites (tertiary alicyclic amines) is 1. The Morgan fingerprint density at radius 1 is 1.23 bits per heavy atom. The van der Waals surface area contributed by atoms with Crippen molar-refractivity contribution in [1.29, 1.82) is 0 Å². The summed E-state index contributed by atoms with van der Waals surface area (Å²) < 4.78 is 5.49. The van der Waals surface area contributed by atoms with Crippen LogP contribution in [-0.4, -0.2) is 36.2 Å². The number of benzene rings is 1. The molecule has 2 fully saturated rings. The van der Waals surface area contributed by atoms with Crippen LogP contribution in [0.2, 0.25) is 0 Å². The number of hydrogen-bond acceptors (Lipinski definition) is 3. The first-order chi connectivity index (χ1) is 10.7. The Labute approximate surface area is 132 Å². The Hall–Kier alpha value is -1.55. The monoisotopic (exact) mass is 303 g/mol. The molecular formula is C18H25NO3. The van der Waals surface area contributed by atoms with Crippen LogP contribution < -0.4 is 4.74 Å². The van der Waals surface area contributed by atoms with Crippen molar-refractivity contribution in [2.75, 3.05) is 20.2 Å². The maximum absolute atomic E-state index is 11.7. The summed E-state index contributed by atoms with van der Waals surface area (Å²) in [6.45, 7) is 3.10. The lowest BCUT2D eigenvalue weighted by molar-refractivity contribution is -0.147. The van der Waals surface area contributed by atoms with E-state index in [1.165, 1.54) is 19.3 Å². The molecule has 1 aromatic rings. The van der Waals surface area contributed by atoms with E-state index in [0.29, 0.717) is 0 Å². The average molecular weight is 303 g/mol. The van der Waals surface area contributed by atoms with Gasteiger partial charge in [0.25, 0.3) is 0 Å². The number of ether oxygens (including phenoxy) is 1. The fourth-order valence-corrected chi connectivity index (χ4v) is 3.71. The summed E-state index contributed by atoms with van der Waals surface area (Å²) in [5, 5.41) is 9.63. The quantitative estimate of drug-likeness (QED) is 0.907. The molecule has 2 aliphatic rings. The van der Waals surface area contributed by atoms with Crippen molar-refractivity contribution in [1.82, 2.24) is 4.90 Å². The zero-order valence-corrected chi connectivity index (χ0v) is 13.3. The summed E-state index contributed by atoms with van der Waals surface area (Å²) in [6.07, 6.45) is 6.31. The van der Waals surface area contributed by atoms with Crippen LogP contribution in [0, 0.1) is 0 Å². The number of aliphatic carboxylic acids is 1. The fraction of sp³-hybridized carbons (Fsp3) is 0.611. The molecule has 1 aliphatic carbocycles. The second-order valence-corrected chi connectivity index (χ2v) is 6.60. The number of carboxylic acid groups (broad SMARTS) is 1. The van der Waals surface area contributed by atoms with Gasteiger partial charge in [-0.2, -0.15) is 0 Å². The van der Waals surface area contributed by atoms with Crippen LogP contribution in [0.1, 0.15) is 49.7 Å². The standard InChI is InChI=1S/C18H25NO3/c1-22-16-7-6-15(18(17(20)21)8-5-9-18)12-14(16)13-19-10-3-2-4-11-19/h6-7,12H,2-5,8-11,13H2,1H3,(H,20,21). The second kappa shape index (κ2) is 6.29. The summed E-state index contributed by atoms with van der Waals surface area (Å²) in [4.78, 5) is 14.2. The number of carbonyl (C=O) groups is 1. The third-order valence-electron chi connectivity index (χ3n) is 5.29. The highest BCUT2D eigenvalue weighted by Crippen LogP contribution is 2.45. The SMILES string of the molecule is COc1ccc(C2(C(=O)O)CCC2)cc1CN1CCCCC1. The molecule has 0 amide bonds. The predicted molar refractivity (Wildman–Crippen MR) is 85.3 cm³/mol. The van der Waals surface area contributed by atoms with Gasteiger partial charge in [0.2, 0.25) is 0 Å². The highest BCUT2D eigenvalue weighted by Gasteiger charge is 2.46. The molecule has 1 saturated heterocycles. The number of hydrogen-bond donors (Lipinski definition) is 1. The van der Waals surface area contributed by atoms with Crippen LogP contribution in [0.5, 0.6) is 5.75 Å². The fourth-order valence-electron chi connectivity index (χ4n) is 3.71. The minimum Gasteiger partial charge on any atom is -0.496 e. The van der Waals surface area contributed by atoms with Crippen LogP contribution in [0.4, 0.5) is 0 Å². The van der Waals surface area contributed by atoms with Crippen LogP contribution >= 0.6 is 0 Å². The summed E-state index contributed by atoms with van der Waals surface area (Å²) in [7, 11) is 1.69. The molecule has 0 atom stereocenters. The number of rotatable bonds is 5. The van der Waals surface area contributed by atoms with Crippen molar-refractivity contribution in [2.45, 2.75) is 50.5 Å². The molecule has 0 aromatic heterocycles. The summed E-state index contributed by atoms with van der Waals surface area (Å²) in [5.74, 6) is 0.182. The van der Waals surface area contributed by atoms with Crippen LogP contribution in [0.3, 0.4) is 0 Å². The molecular weight excluding hydrogens is 278 g/mol. The highest BCUT2D eigenvalue weighted by atomic mass is 16.5. The average Bonchev–Trinajstić information content (AvgIpc) is 2.47. The van der Waals surface area contributed by atoms with Gasteiger partial charge in [-0.3, -0.25) is 9.69 Å². The first kappa shape index (κ1) is 15.3. The molecule has 4 nitrogen and oxygen atoms in total. The van der Waals surface area contributed by atoms with Gasteiger partial charge < -0.3 is 9.84 Å². The van der Waals surface area contributed by atoms with E-state index in [2.05, 4.69) is 11.0 Å². The molecule has 120 valence electrons. The van der Waals surface area contributed by atoms with E-state index in [1.807, 2.05) is 12.1 Å². The lowest BCUT2D eigenvalue weighted by Gasteiger charge is -2.38. The Balaban J connectivity index is 1.87. The van der Waals surface area contributed by atoms with Crippen molar-refractivity contribution in [2.24, 2.45) is 0 Å². The Kier molecular flexibility index (Phi) is 4.39. The normalized spacial score (nSPS) is 21.1. The first-order valence-corrected chi connectivity index (χ1v) is 8.29. The van der Waals surface area contributed by atoms with Crippen molar-refractivity contribution in [3.05, 3.63) is 29.3 Å². The van der Waals surface area contributed by atoms with Gasteiger partial charge in [-0.25, -0.2) is 0 Å². The smallest absolute Gasteiger partial charge is 0.314 e. The van der Waals surface area contributed by atoms with Crippen LogP contribution in [0.25, 0.3) is 0 Å². The minimum atomic E-state index is -0.687. The minimum absolute atomic E-state index is 0.664. The largest absolute Gasteiger partial charge is 0.496 e. The van der Waals surface area contributed by atoms with Crippen LogP contribution in [0.15, 0.2) is 18.2 Å². The number of methoxy groups -OCH3 is 1. The lowest BCUT2D eigenvalue weighted by Crippen LogP contribution is -2.42. The zero-order valence-electron chi connectivity index (χ0n) is 13.3. The molecule has 1 heterocycles. The van der Waals surface area contributed by atoms with Gasteiger partial charge >= 0.3 is 5.97 Å². The molecule has 1 N–H and O–H groups in total. The third kappa shape index (κ3) is 2.72. The van der Waals surface area contributed by atoms with E-state index in [-0.39, 0.29) is 0 Å². The number of carboxylic acids is 1. The Morgan fingerprint density at radius 3 is 2.50 bits per heavy atom. The molecule has 0 bridgehead atoms. The summed E-state index contributed by atoms with van der Waals surface area (Å²) >= 11 is 0.